The summed E-state index contributed by atoms with van der Waals surface area (Å²) in [6, 6.07) is 7.48. The Balaban J connectivity index is 2.30. The second-order valence-electron chi connectivity index (χ2n) is 6.20. The smallest absolute Gasteiger partial charge is 0.254 e. The first kappa shape index (κ1) is 17.5. The van der Waals surface area contributed by atoms with E-state index >= 15 is 0 Å². The van der Waals surface area contributed by atoms with Crippen LogP contribution in [-0.2, 0) is 0 Å². The van der Waals surface area contributed by atoms with E-state index in [0.717, 1.165) is 17.9 Å². The fraction of sp³-hybridized carbons (Fsp3) is 0.412. The molecule has 5 nitrogen and oxygen atoms in total. The van der Waals surface area contributed by atoms with Crippen molar-refractivity contribution in [3.05, 3.63) is 46.7 Å². The van der Waals surface area contributed by atoms with E-state index in [-0.39, 0.29) is 11.8 Å². The molecule has 124 valence electrons. The molecule has 0 radical (unpaired) electrons. The molecule has 1 heterocycles. The van der Waals surface area contributed by atoms with Crippen LogP contribution >= 0.6 is 11.6 Å². The van der Waals surface area contributed by atoms with E-state index in [1.807, 2.05) is 24.3 Å². The number of hydrogen-bond acceptors (Lipinski definition) is 2. The van der Waals surface area contributed by atoms with Gasteiger partial charge in [0.15, 0.2) is 0 Å². The van der Waals surface area contributed by atoms with E-state index < -0.39 is 0 Å². The number of nitrogens with zero attached hydrogens (tertiary/aromatic N) is 2. The molecule has 0 bridgehead atoms. The van der Waals surface area contributed by atoms with Gasteiger partial charge < -0.3 is 10.2 Å². The molecular weight excluding hydrogens is 312 g/mol. The van der Waals surface area contributed by atoms with E-state index in [9.17, 15) is 4.79 Å². The van der Waals surface area contributed by atoms with Crippen LogP contribution in [0.4, 0.5) is 0 Å². The molecule has 0 saturated heterocycles. The van der Waals surface area contributed by atoms with Crippen LogP contribution in [-0.4, -0.2) is 42.9 Å². The van der Waals surface area contributed by atoms with Gasteiger partial charge >= 0.3 is 0 Å². The summed E-state index contributed by atoms with van der Waals surface area (Å²) in [6.45, 7) is 5.63. The molecule has 1 aromatic heterocycles. The number of benzene rings is 1. The average molecular weight is 336 g/mol. The highest BCUT2D eigenvalue weighted by Crippen LogP contribution is 2.24. The molecule has 0 fully saturated rings. The first-order valence-corrected chi connectivity index (χ1v) is 8.19. The Hall–Kier alpha value is -1.85. The third-order valence-electron chi connectivity index (χ3n) is 3.56. The Morgan fingerprint density at radius 3 is 2.74 bits per heavy atom. The number of rotatable bonds is 6. The van der Waals surface area contributed by atoms with Crippen molar-refractivity contribution in [2.24, 2.45) is 0 Å². The van der Waals surface area contributed by atoms with Gasteiger partial charge in [0, 0.05) is 5.02 Å². The van der Waals surface area contributed by atoms with E-state index in [4.69, 9.17) is 11.6 Å². The van der Waals surface area contributed by atoms with Crippen LogP contribution in [0, 0.1) is 0 Å². The monoisotopic (exact) mass is 335 g/mol. The number of carbonyl (C=O) groups excluding carboxylic acids is 1. The lowest BCUT2D eigenvalue weighted by molar-refractivity contribution is -0.856. The van der Waals surface area contributed by atoms with Gasteiger partial charge in [-0.1, -0.05) is 31.5 Å². The van der Waals surface area contributed by atoms with E-state index in [2.05, 4.69) is 38.4 Å². The van der Waals surface area contributed by atoms with Gasteiger partial charge in [-0.3, -0.25) is 4.79 Å². The maximum absolute atomic E-state index is 12.5. The van der Waals surface area contributed by atoms with Crippen LogP contribution in [0.1, 0.15) is 35.8 Å². The third-order valence-corrected chi connectivity index (χ3v) is 3.80. The minimum absolute atomic E-state index is 0.0803. The number of hydrogen-bond donors (Lipinski definition) is 2. The number of aromatic nitrogens is 2. The summed E-state index contributed by atoms with van der Waals surface area (Å²) in [5.41, 5.74) is 2.37. The predicted octanol–water partition coefficient (Wildman–Crippen LogP) is 1.52. The van der Waals surface area contributed by atoms with E-state index in [1.165, 1.54) is 4.90 Å². The number of likely N-dealkylation sites (N-methyl/N-ethyl adjacent to an activating group) is 1. The normalized spacial score (nSPS) is 11.3. The van der Waals surface area contributed by atoms with Crippen molar-refractivity contribution in [2.75, 3.05) is 27.2 Å². The van der Waals surface area contributed by atoms with E-state index in [0.29, 0.717) is 17.1 Å². The first-order valence-electron chi connectivity index (χ1n) is 7.81. The second kappa shape index (κ2) is 7.62. The maximum Gasteiger partial charge on any atom is 0.254 e. The summed E-state index contributed by atoms with van der Waals surface area (Å²) in [4.78, 5) is 13.8. The average Bonchev–Trinajstić information content (AvgIpc) is 2.91. The van der Waals surface area contributed by atoms with Crippen LogP contribution < -0.4 is 10.2 Å². The summed E-state index contributed by atoms with van der Waals surface area (Å²) in [5.74, 6) is 0.0833. The van der Waals surface area contributed by atoms with Crippen molar-refractivity contribution in [1.29, 1.82) is 0 Å². The second-order valence-corrected chi connectivity index (χ2v) is 6.64. The van der Waals surface area contributed by atoms with Crippen molar-refractivity contribution in [2.45, 2.75) is 19.8 Å². The number of carbonyl (C=O) groups is 1. The van der Waals surface area contributed by atoms with Crippen molar-refractivity contribution >= 4 is 17.5 Å². The lowest BCUT2D eigenvalue weighted by atomic mass is 10.1. The number of amides is 1. The van der Waals surface area contributed by atoms with Crippen LogP contribution in [0.2, 0.25) is 5.02 Å². The SMILES string of the molecule is CC(C)c1c(C(=O)NCC[NH+](C)C)cnn1-c1cccc(Cl)c1. The Morgan fingerprint density at radius 1 is 1.39 bits per heavy atom. The number of quaternary nitrogens is 1. The maximum atomic E-state index is 12.5. The summed E-state index contributed by atoms with van der Waals surface area (Å²) in [5, 5.41) is 8.01. The molecule has 2 rings (SSSR count). The quantitative estimate of drug-likeness (QED) is 0.841. The summed E-state index contributed by atoms with van der Waals surface area (Å²) in [6.07, 6.45) is 1.63. The fourth-order valence-corrected chi connectivity index (χ4v) is 2.61. The lowest BCUT2D eigenvalue weighted by Crippen LogP contribution is -3.06. The molecule has 2 N–H and O–H groups in total. The Bertz CT molecular complexity index is 679. The van der Waals surface area contributed by atoms with Gasteiger partial charge in [-0.05, 0) is 24.1 Å². The molecule has 1 amide bonds. The lowest BCUT2D eigenvalue weighted by Gasteiger charge is -2.13. The predicted molar refractivity (Wildman–Crippen MR) is 92.7 cm³/mol. The van der Waals surface area contributed by atoms with Crippen molar-refractivity contribution in [1.82, 2.24) is 15.1 Å². The zero-order valence-corrected chi connectivity index (χ0v) is 14.8. The van der Waals surface area contributed by atoms with Crippen molar-refractivity contribution in [3.63, 3.8) is 0 Å². The largest absolute Gasteiger partial charge is 0.346 e. The molecular formula is C17H24ClN4O+. The zero-order valence-electron chi connectivity index (χ0n) is 14.1. The molecule has 2 aromatic rings. The first-order chi connectivity index (χ1) is 10.9. The number of halogens is 1. The minimum atomic E-state index is -0.0803. The highest BCUT2D eigenvalue weighted by atomic mass is 35.5. The van der Waals surface area contributed by atoms with Gasteiger partial charge in [-0.15, -0.1) is 0 Å². The summed E-state index contributed by atoms with van der Waals surface area (Å²) >= 11 is 6.07. The van der Waals surface area contributed by atoms with Crippen LogP contribution in [0.3, 0.4) is 0 Å². The van der Waals surface area contributed by atoms with Crippen LogP contribution in [0.25, 0.3) is 5.69 Å². The molecule has 0 unspecified atom stereocenters. The summed E-state index contributed by atoms with van der Waals surface area (Å²) in [7, 11) is 4.12. The standard InChI is InChI=1S/C17H23ClN4O/c1-12(2)16-15(17(23)19-8-9-21(3)4)11-20-22(16)14-7-5-6-13(18)10-14/h5-7,10-12H,8-9H2,1-4H3,(H,19,23)/p+1. The van der Waals surface area contributed by atoms with Crippen molar-refractivity contribution < 1.29 is 9.69 Å². The van der Waals surface area contributed by atoms with Crippen LogP contribution in [0.5, 0.6) is 0 Å². The van der Waals surface area contributed by atoms with Gasteiger partial charge in [0.2, 0.25) is 0 Å². The molecule has 0 saturated carbocycles. The van der Waals surface area contributed by atoms with Crippen molar-refractivity contribution in [3.8, 4) is 5.69 Å². The molecule has 0 aliphatic carbocycles. The fourth-order valence-electron chi connectivity index (χ4n) is 2.42. The highest BCUT2D eigenvalue weighted by Gasteiger charge is 2.20. The zero-order chi connectivity index (χ0) is 17.0. The molecule has 0 aliphatic rings. The van der Waals surface area contributed by atoms with Gasteiger partial charge in [0.25, 0.3) is 5.91 Å². The molecule has 6 heteroatoms. The van der Waals surface area contributed by atoms with Gasteiger partial charge in [-0.2, -0.15) is 5.10 Å². The summed E-state index contributed by atoms with van der Waals surface area (Å²) < 4.78 is 1.79. The molecule has 0 spiro atoms. The number of nitrogens with one attached hydrogen (secondary N) is 2. The van der Waals surface area contributed by atoms with Gasteiger partial charge in [-0.25, -0.2) is 4.68 Å². The van der Waals surface area contributed by atoms with Gasteiger partial charge in [0.1, 0.15) is 0 Å². The molecule has 23 heavy (non-hydrogen) atoms. The molecule has 0 aliphatic heterocycles. The van der Waals surface area contributed by atoms with Crippen LogP contribution in [0.15, 0.2) is 30.5 Å². The highest BCUT2D eigenvalue weighted by molar-refractivity contribution is 6.30. The Kier molecular flexibility index (Phi) is 5.80. The third kappa shape index (κ3) is 4.33. The topological polar surface area (TPSA) is 51.4 Å². The minimum Gasteiger partial charge on any atom is -0.346 e. The molecule has 1 aromatic carbocycles. The Labute approximate surface area is 142 Å². The van der Waals surface area contributed by atoms with Gasteiger partial charge in [0.05, 0.1) is 50.3 Å². The van der Waals surface area contributed by atoms with E-state index in [1.54, 1.807) is 10.9 Å². The Morgan fingerprint density at radius 2 is 2.13 bits per heavy atom. The molecule has 0 atom stereocenters.